The lowest BCUT2D eigenvalue weighted by molar-refractivity contribution is -0.140. The molecule has 0 aromatic heterocycles. The molecule has 2 aliphatic rings. The van der Waals surface area contributed by atoms with Crippen LogP contribution in [0.3, 0.4) is 0 Å². The zero-order valence-corrected chi connectivity index (χ0v) is 42.6. The molecule has 0 aliphatic carbocycles. The summed E-state index contributed by atoms with van der Waals surface area (Å²) >= 11 is 5.41. The van der Waals surface area contributed by atoms with E-state index in [-0.39, 0.29) is 93.9 Å². The monoisotopic (exact) mass is 948 g/mol. The van der Waals surface area contributed by atoms with Crippen molar-refractivity contribution in [2.45, 2.75) is 120 Å². The first-order chi connectivity index (χ1) is 29.6. The highest BCUT2D eigenvalue weighted by molar-refractivity contribution is 8.00. The fourth-order valence-electron chi connectivity index (χ4n) is 5.14. The summed E-state index contributed by atoms with van der Waals surface area (Å²) in [4.78, 5) is 84.6. The second kappa shape index (κ2) is 31.3. The molecule has 1 saturated heterocycles. The first-order valence-electron chi connectivity index (χ1n) is 22.1. The van der Waals surface area contributed by atoms with Gasteiger partial charge in [-0.1, -0.05) is 83.1 Å². The van der Waals surface area contributed by atoms with E-state index in [2.05, 4.69) is 17.9 Å². The van der Waals surface area contributed by atoms with Gasteiger partial charge >= 0.3 is 0 Å². The number of carbonyl (C=O) groups is 7. The predicted octanol–water partition coefficient (Wildman–Crippen LogP) is 4.73. The van der Waals surface area contributed by atoms with Gasteiger partial charge < -0.3 is 39.0 Å². The van der Waals surface area contributed by atoms with Crippen LogP contribution in [0.15, 0.2) is 12.2 Å². The summed E-state index contributed by atoms with van der Waals surface area (Å²) < 4.78 is 26.8. The van der Waals surface area contributed by atoms with Gasteiger partial charge in [0.15, 0.2) is 5.78 Å². The molecule has 4 amide bonds. The van der Waals surface area contributed by atoms with E-state index in [1.165, 1.54) is 33.7 Å². The number of hydrogen-bond donors (Lipinski definition) is 3. The smallest absolute Gasteiger partial charge is 0.248 e. The third-order valence-corrected chi connectivity index (χ3v) is 10.6. The minimum atomic E-state index is -0.954. The number of Topliss-reactive ketones (excluding diaryl/α,β-unsaturated/α-hetero) is 3. The Kier molecular flexibility index (Phi) is 30.0. The predicted molar refractivity (Wildman–Crippen MR) is 252 cm³/mol. The van der Waals surface area contributed by atoms with Crippen molar-refractivity contribution in [3.63, 3.8) is 0 Å². The van der Waals surface area contributed by atoms with Crippen molar-refractivity contribution >= 4 is 65.4 Å². The number of aliphatic hydroxyl groups excluding tert-OH is 1. The first-order valence-corrected chi connectivity index (χ1v) is 23.8. The zero-order valence-electron chi connectivity index (χ0n) is 40.8. The van der Waals surface area contributed by atoms with Crippen molar-refractivity contribution in [1.82, 2.24) is 15.1 Å². The average Bonchev–Trinajstić information content (AvgIpc) is 3.64. The Morgan fingerprint density at radius 3 is 1.59 bits per heavy atom. The molecule has 370 valence electrons. The quantitative estimate of drug-likeness (QED) is 0.0579. The van der Waals surface area contributed by atoms with Crippen molar-refractivity contribution in [1.29, 1.82) is 0 Å². The number of rotatable bonds is 27. The maximum absolute atomic E-state index is 12.3. The fraction of sp³-hybridized carbons (Fsp3) is 0.804. The van der Waals surface area contributed by atoms with Crippen molar-refractivity contribution in [2.75, 3.05) is 97.2 Å². The molecule has 2 aliphatic heterocycles. The Morgan fingerprint density at radius 1 is 0.703 bits per heavy atom. The van der Waals surface area contributed by atoms with Crippen LogP contribution in [0.2, 0.25) is 0 Å². The van der Waals surface area contributed by atoms with Crippen LogP contribution in [-0.2, 0) is 57.2 Å². The highest BCUT2D eigenvalue weighted by Crippen LogP contribution is 2.29. The molecule has 0 aromatic carbocycles. The lowest BCUT2D eigenvalue weighted by Gasteiger charge is -2.25. The number of carbonyl (C=O) groups excluding carboxylic acids is 7. The van der Waals surface area contributed by atoms with Crippen LogP contribution >= 0.6 is 24.4 Å². The van der Waals surface area contributed by atoms with E-state index in [4.69, 9.17) is 23.7 Å². The maximum Gasteiger partial charge on any atom is 0.248 e. The molecule has 0 aromatic rings. The van der Waals surface area contributed by atoms with Gasteiger partial charge in [-0.3, -0.25) is 38.5 Å². The highest BCUT2D eigenvalue weighted by Gasteiger charge is 2.40. The van der Waals surface area contributed by atoms with Gasteiger partial charge in [-0.2, -0.15) is 12.6 Å². The van der Waals surface area contributed by atoms with E-state index < -0.39 is 6.23 Å². The summed E-state index contributed by atoms with van der Waals surface area (Å²) in [5.74, 6) is 1.12. The van der Waals surface area contributed by atoms with Crippen LogP contribution in [0.1, 0.15) is 109 Å². The van der Waals surface area contributed by atoms with Gasteiger partial charge in [-0.25, -0.2) is 0 Å². The number of thiol groups is 1. The number of ether oxygens (including phenoxy) is 5. The molecule has 0 bridgehead atoms. The van der Waals surface area contributed by atoms with Crippen LogP contribution in [0.5, 0.6) is 0 Å². The minimum Gasteiger partial charge on any atom is -0.377 e. The molecule has 2 unspecified atom stereocenters. The second-order valence-electron chi connectivity index (χ2n) is 19.6. The summed E-state index contributed by atoms with van der Waals surface area (Å²) in [7, 11) is 0. The lowest BCUT2D eigenvalue weighted by Crippen LogP contribution is -2.38. The molecule has 2 atom stereocenters. The molecule has 0 saturated carbocycles. The van der Waals surface area contributed by atoms with Crippen molar-refractivity contribution < 1.29 is 62.4 Å². The molecule has 0 spiro atoms. The molecule has 0 radical (unpaired) electrons. The molecule has 16 nitrogen and oxygen atoms in total. The average molecular weight is 948 g/mol. The summed E-state index contributed by atoms with van der Waals surface area (Å²) in [6.45, 7) is 27.9. The SMILES string of the molecule is CC(C)(C)C(=O)CCS.CC(C)(C)C(=O)COCCOCCOCCOCCOCCNC(=O)CCN1C(=O)C=CC1O.CC(C)(C)CN1C(=O)CC(SCCC(=O)C(C)(C)C)C1=O. The summed E-state index contributed by atoms with van der Waals surface area (Å²) in [5, 5.41) is 11.9. The number of ketones is 3. The van der Waals surface area contributed by atoms with Crippen molar-refractivity contribution in [3.05, 3.63) is 12.2 Å². The number of likely N-dealkylation sites (tertiary alicyclic amines) is 1. The number of thioether (sulfide) groups is 1. The number of nitrogens with one attached hydrogen (secondary N) is 1. The third kappa shape index (κ3) is 29.0. The van der Waals surface area contributed by atoms with Gasteiger partial charge in [0.2, 0.25) is 23.6 Å². The minimum absolute atomic E-state index is 0.0660. The van der Waals surface area contributed by atoms with E-state index >= 15 is 0 Å². The van der Waals surface area contributed by atoms with E-state index in [0.29, 0.717) is 96.9 Å². The molecule has 1 fully saturated rings. The summed E-state index contributed by atoms with van der Waals surface area (Å²) in [5.41, 5.74) is -0.993. The van der Waals surface area contributed by atoms with Gasteiger partial charge in [0.05, 0.1) is 64.7 Å². The number of imide groups is 1. The first kappa shape index (κ1) is 61.3. The van der Waals surface area contributed by atoms with E-state index in [1.807, 2.05) is 83.1 Å². The molecule has 64 heavy (non-hydrogen) atoms. The Morgan fingerprint density at radius 2 is 1.17 bits per heavy atom. The van der Waals surface area contributed by atoms with E-state index in [1.54, 1.807) is 0 Å². The Hall–Kier alpha value is -2.71. The van der Waals surface area contributed by atoms with Crippen molar-refractivity contribution in [3.8, 4) is 0 Å². The lowest BCUT2D eigenvalue weighted by atomic mass is 9.89. The van der Waals surface area contributed by atoms with Crippen LogP contribution in [-0.4, -0.2) is 165 Å². The number of amides is 4. The molecule has 2 N–H and O–H groups in total. The standard InChI is InChI=1S/C23H40N2O9.C16H27NO3S.C7H14OS/c1-23(2,3)19(26)18-34-17-16-33-15-14-32-13-12-31-11-10-30-9-7-24-20(27)6-8-25-21(28)4-5-22(25)29;1-15(2,3)10-17-13(19)9-11(14(17)20)21-8-7-12(18)16(4,5)6;1-7(2,3)6(8)4-5-9/h4-5,21,28H,6-18H2,1-3H3,(H,24,27);11H,7-10H2,1-6H3;9H,4-5H2,1-3H3. The van der Waals surface area contributed by atoms with E-state index in [0.717, 1.165) is 0 Å². The Balaban J connectivity index is 0.00000111. The van der Waals surface area contributed by atoms with Gasteiger partial charge in [-0.05, 0) is 17.2 Å². The maximum atomic E-state index is 12.3. The topological polar surface area (TPSA) is 204 Å². The molecule has 2 rings (SSSR count). The second-order valence-corrected chi connectivity index (χ2v) is 21.3. The highest BCUT2D eigenvalue weighted by atomic mass is 32.2. The van der Waals surface area contributed by atoms with Crippen LogP contribution in [0.4, 0.5) is 0 Å². The number of hydrogen-bond acceptors (Lipinski definition) is 15. The van der Waals surface area contributed by atoms with Gasteiger partial charge in [0.1, 0.15) is 24.4 Å². The third-order valence-electron chi connectivity index (χ3n) is 9.21. The van der Waals surface area contributed by atoms with Crippen LogP contribution in [0.25, 0.3) is 0 Å². The van der Waals surface area contributed by atoms with Gasteiger partial charge in [0, 0.05) is 73.4 Å². The number of nitrogens with zero attached hydrogens (tertiary/aromatic N) is 2. The zero-order chi connectivity index (χ0) is 49.1. The molecular weight excluding hydrogens is 867 g/mol. The van der Waals surface area contributed by atoms with Gasteiger partial charge in [0.25, 0.3) is 0 Å². The normalized spacial score (nSPS) is 16.7. The molecule has 2 heterocycles. The molecular formula is C46H81N3O13S2. The van der Waals surface area contributed by atoms with E-state index in [9.17, 15) is 38.7 Å². The summed E-state index contributed by atoms with van der Waals surface area (Å²) in [6, 6.07) is 0. The number of aliphatic hydroxyl groups is 1. The van der Waals surface area contributed by atoms with Crippen LogP contribution in [0, 0.1) is 21.7 Å². The van der Waals surface area contributed by atoms with Crippen molar-refractivity contribution in [2.24, 2.45) is 21.7 Å². The fourth-order valence-corrected chi connectivity index (χ4v) is 6.46. The molecule has 18 heteroatoms. The van der Waals surface area contributed by atoms with Crippen LogP contribution < -0.4 is 5.32 Å². The summed E-state index contributed by atoms with van der Waals surface area (Å²) in [6.07, 6.45) is 3.14. The Labute approximate surface area is 392 Å². The Bertz CT molecular complexity index is 1480. The largest absolute Gasteiger partial charge is 0.377 e. The van der Waals surface area contributed by atoms with Gasteiger partial charge in [-0.15, -0.1) is 11.8 Å².